The van der Waals surface area contributed by atoms with Crippen LogP contribution in [0.3, 0.4) is 0 Å². The van der Waals surface area contributed by atoms with Crippen molar-refractivity contribution in [2.24, 2.45) is 0 Å². The molecule has 0 bridgehead atoms. The zero-order chi connectivity index (χ0) is 22.8. The van der Waals surface area contributed by atoms with E-state index in [0.717, 1.165) is 38.4 Å². The van der Waals surface area contributed by atoms with Crippen molar-refractivity contribution in [1.82, 2.24) is 9.97 Å². The maximum absolute atomic E-state index is 6.28. The van der Waals surface area contributed by atoms with Crippen molar-refractivity contribution in [2.45, 2.75) is 38.9 Å². The molecule has 1 aromatic heterocycles. The molecule has 0 saturated carbocycles. The van der Waals surface area contributed by atoms with Gasteiger partial charge in [0.15, 0.2) is 0 Å². The summed E-state index contributed by atoms with van der Waals surface area (Å²) in [5.41, 5.74) is 4.46. The Bertz CT molecular complexity index is 1490. The fraction of sp³-hybridized carbons (Fsp3) is 0.214. The average Bonchev–Trinajstić information content (AvgIpc) is 3.06. The quantitative estimate of drug-likeness (QED) is 0.257. The van der Waals surface area contributed by atoms with Crippen LogP contribution in [0, 0.1) is 0 Å². The summed E-state index contributed by atoms with van der Waals surface area (Å²) >= 11 is 0. The van der Waals surface area contributed by atoms with E-state index in [0.29, 0.717) is 0 Å². The van der Waals surface area contributed by atoms with Gasteiger partial charge in [-0.2, -0.15) is 0 Å². The van der Waals surface area contributed by atoms with Gasteiger partial charge < -0.3 is 9.31 Å². The molecule has 0 unspecified atom stereocenters. The minimum atomic E-state index is -0.379. The van der Waals surface area contributed by atoms with Crippen LogP contribution in [-0.4, -0.2) is 28.3 Å². The number of hydrogen-bond donors (Lipinski definition) is 0. The second-order valence-corrected chi connectivity index (χ2v) is 9.77. The zero-order valence-electron chi connectivity index (χ0n) is 19.3. The van der Waals surface area contributed by atoms with Crippen LogP contribution in [0.4, 0.5) is 0 Å². The van der Waals surface area contributed by atoms with E-state index < -0.39 is 0 Å². The van der Waals surface area contributed by atoms with Gasteiger partial charge in [0.25, 0.3) is 0 Å². The highest BCUT2D eigenvalue weighted by molar-refractivity contribution is 6.62. The first-order chi connectivity index (χ1) is 15.8. The van der Waals surface area contributed by atoms with Gasteiger partial charge in [-0.25, -0.2) is 0 Å². The normalized spacial score (nSPS) is 17.3. The van der Waals surface area contributed by atoms with E-state index in [-0.39, 0.29) is 18.3 Å². The molecule has 5 heteroatoms. The van der Waals surface area contributed by atoms with Crippen molar-refractivity contribution in [3.8, 4) is 11.1 Å². The molecule has 1 saturated heterocycles. The molecule has 4 aromatic carbocycles. The van der Waals surface area contributed by atoms with Crippen molar-refractivity contribution >= 4 is 45.2 Å². The van der Waals surface area contributed by atoms with Crippen LogP contribution < -0.4 is 5.46 Å². The summed E-state index contributed by atoms with van der Waals surface area (Å²) in [6.07, 6.45) is 3.52. The Morgan fingerprint density at radius 3 is 1.91 bits per heavy atom. The molecule has 6 rings (SSSR count). The fourth-order valence-electron chi connectivity index (χ4n) is 4.65. The average molecular weight is 432 g/mol. The number of benzene rings is 4. The molecule has 0 radical (unpaired) electrons. The van der Waals surface area contributed by atoms with Crippen LogP contribution >= 0.6 is 0 Å². The summed E-state index contributed by atoms with van der Waals surface area (Å²) in [4.78, 5) is 9.29. The van der Waals surface area contributed by atoms with Gasteiger partial charge in [0.1, 0.15) is 0 Å². The lowest BCUT2D eigenvalue weighted by Crippen LogP contribution is -2.41. The van der Waals surface area contributed by atoms with Gasteiger partial charge in [-0.15, -0.1) is 0 Å². The van der Waals surface area contributed by atoms with Gasteiger partial charge >= 0.3 is 7.12 Å². The Hall–Kier alpha value is -3.28. The largest absolute Gasteiger partial charge is 0.494 e. The molecule has 0 spiro atoms. The highest BCUT2D eigenvalue weighted by Gasteiger charge is 2.51. The van der Waals surface area contributed by atoms with Crippen LogP contribution in [-0.2, 0) is 9.31 Å². The maximum atomic E-state index is 6.28. The summed E-state index contributed by atoms with van der Waals surface area (Å²) in [6, 6.07) is 23.5. The fourth-order valence-corrected chi connectivity index (χ4v) is 4.65. The molecule has 1 aliphatic heterocycles. The molecule has 0 N–H and O–H groups in total. The highest BCUT2D eigenvalue weighted by atomic mass is 16.7. The molecule has 5 aromatic rings. The van der Waals surface area contributed by atoms with E-state index in [4.69, 9.17) is 9.31 Å². The number of rotatable bonds is 2. The SMILES string of the molecule is CC1(C)OB(c2cccc(-c3ccc4c(c3)c3ccccc3c3nccnc43)c2)OC1(C)C. The van der Waals surface area contributed by atoms with Gasteiger partial charge in [0.05, 0.1) is 22.2 Å². The minimum Gasteiger partial charge on any atom is -0.399 e. The van der Waals surface area contributed by atoms with Crippen molar-refractivity contribution < 1.29 is 9.31 Å². The van der Waals surface area contributed by atoms with Crippen molar-refractivity contribution in [3.05, 3.63) is 79.1 Å². The summed E-state index contributed by atoms with van der Waals surface area (Å²) in [6.45, 7) is 8.33. The minimum absolute atomic E-state index is 0.363. The first kappa shape index (κ1) is 20.3. The van der Waals surface area contributed by atoms with Crippen LogP contribution in [0.2, 0.25) is 0 Å². The molecule has 0 aliphatic carbocycles. The van der Waals surface area contributed by atoms with Gasteiger partial charge in [0.2, 0.25) is 0 Å². The van der Waals surface area contributed by atoms with Gasteiger partial charge in [-0.05, 0) is 61.1 Å². The second-order valence-electron chi connectivity index (χ2n) is 9.77. The predicted molar refractivity (Wildman–Crippen MR) is 136 cm³/mol. The third-order valence-electron chi connectivity index (χ3n) is 7.19. The molecule has 1 fully saturated rings. The summed E-state index contributed by atoms with van der Waals surface area (Å²) < 4.78 is 12.6. The molecule has 0 atom stereocenters. The smallest absolute Gasteiger partial charge is 0.399 e. The van der Waals surface area contributed by atoms with Gasteiger partial charge in [-0.3, -0.25) is 9.97 Å². The molecule has 162 valence electrons. The molecular weight excluding hydrogens is 407 g/mol. The van der Waals surface area contributed by atoms with Crippen molar-refractivity contribution in [2.75, 3.05) is 0 Å². The number of aromatic nitrogens is 2. The van der Waals surface area contributed by atoms with Crippen LogP contribution in [0.15, 0.2) is 79.1 Å². The molecule has 2 heterocycles. The van der Waals surface area contributed by atoms with Crippen LogP contribution in [0.1, 0.15) is 27.7 Å². The van der Waals surface area contributed by atoms with E-state index in [1.165, 1.54) is 10.8 Å². The molecule has 0 amide bonds. The topological polar surface area (TPSA) is 44.2 Å². The van der Waals surface area contributed by atoms with E-state index in [1.807, 2.05) is 0 Å². The van der Waals surface area contributed by atoms with Gasteiger partial charge in [-0.1, -0.05) is 60.7 Å². The van der Waals surface area contributed by atoms with Gasteiger partial charge in [0, 0.05) is 23.2 Å². The molecular formula is C28H25BN2O2. The number of fused-ring (bicyclic) bond motifs is 6. The Labute approximate surface area is 193 Å². The van der Waals surface area contributed by atoms with Crippen LogP contribution in [0.5, 0.6) is 0 Å². The Balaban J connectivity index is 1.50. The van der Waals surface area contributed by atoms with E-state index in [9.17, 15) is 0 Å². The summed E-state index contributed by atoms with van der Waals surface area (Å²) in [7, 11) is -0.379. The van der Waals surface area contributed by atoms with Crippen molar-refractivity contribution in [3.63, 3.8) is 0 Å². The molecule has 33 heavy (non-hydrogen) atoms. The maximum Gasteiger partial charge on any atom is 0.494 e. The first-order valence-corrected chi connectivity index (χ1v) is 11.4. The third kappa shape index (κ3) is 3.15. The van der Waals surface area contributed by atoms with Crippen molar-refractivity contribution in [1.29, 1.82) is 0 Å². The second kappa shape index (κ2) is 7.11. The number of nitrogens with zero attached hydrogens (tertiary/aromatic N) is 2. The lowest BCUT2D eigenvalue weighted by molar-refractivity contribution is 0.00578. The zero-order valence-corrected chi connectivity index (χ0v) is 19.3. The summed E-state index contributed by atoms with van der Waals surface area (Å²) in [5.74, 6) is 0. The van der Waals surface area contributed by atoms with E-state index in [1.54, 1.807) is 12.4 Å². The summed E-state index contributed by atoms with van der Waals surface area (Å²) in [5, 5.41) is 4.60. The van der Waals surface area contributed by atoms with E-state index in [2.05, 4.69) is 104 Å². The predicted octanol–water partition coefficient (Wildman–Crippen LogP) is 5.90. The lowest BCUT2D eigenvalue weighted by Gasteiger charge is -2.32. The standard InChI is InChI=1S/C28H25BN2O2/c1-27(2)28(3,4)33-29(32-27)20-9-7-8-18(16-20)19-12-13-23-24(17-19)21-10-5-6-11-22(21)25-26(23)31-15-14-30-25/h5-17H,1-4H3. The monoisotopic (exact) mass is 432 g/mol. The Kier molecular flexibility index (Phi) is 4.38. The Morgan fingerprint density at radius 2 is 1.21 bits per heavy atom. The van der Waals surface area contributed by atoms with E-state index >= 15 is 0 Å². The Morgan fingerprint density at radius 1 is 0.606 bits per heavy atom. The van der Waals surface area contributed by atoms with Crippen LogP contribution in [0.25, 0.3) is 43.7 Å². The number of hydrogen-bond acceptors (Lipinski definition) is 4. The lowest BCUT2D eigenvalue weighted by atomic mass is 9.78. The highest BCUT2D eigenvalue weighted by Crippen LogP contribution is 2.37. The molecule has 1 aliphatic rings. The first-order valence-electron chi connectivity index (χ1n) is 11.4. The third-order valence-corrected chi connectivity index (χ3v) is 7.19. The molecule has 4 nitrogen and oxygen atoms in total.